The van der Waals surface area contributed by atoms with E-state index in [9.17, 15) is 0 Å². The summed E-state index contributed by atoms with van der Waals surface area (Å²) in [7, 11) is 0. The van der Waals surface area contributed by atoms with Crippen LogP contribution in [0, 0.1) is 37.3 Å². The van der Waals surface area contributed by atoms with Gasteiger partial charge in [0.2, 0.25) is 0 Å². The number of thiophene rings is 2. The van der Waals surface area contributed by atoms with Crippen LogP contribution in [0.2, 0.25) is 0 Å². The quantitative estimate of drug-likeness (QED) is 0.125. The van der Waals surface area contributed by atoms with Crippen LogP contribution in [0.4, 0.5) is 8.78 Å². The molecule has 7 rings (SSSR count). The number of nitrogens with zero attached hydrogens (tertiary/aromatic N) is 4. The van der Waals surface area contributed by atoms with E-state index in [4.69, 9.17) is 18.7 Å². The monoisotopic (exact) mass is 736 g/mol. The highest BCUT2D eigenvalue weighted by atomic mass is 32.1. The van der Waals surface area contributed by atoms with Gasteiger partial charge in [-0.25, -0.2) is 18.7 Å². The van der Waals surface area contributed by atoms with Crippen LogP contribution in [0.5, 0.6) is 0 Å². The first-order valence-electron chi connectivity index (χ1n) is 17.9. The lowest BCUT2D eigenvalue weighted by atomic mass is 9.98. The lowest BCUT2D eigenvalue weighted by Crippen LogP contribution is -1.98. The molecule has 262 valence electrons. The Hall–Kier alpha value is -3.92. The van der Waals surface area contributed by atoms with Crippen molar-refractivity contribution in [1.82, 2.24) is 18.7 Å². The van der Waals surface area contributed by atoms with Gasteiger partial charge < -0.3 is 0 Å². The molecule has 0 aliphatic carbocycles. The van der Waals surface area contributed by atoms with Crippen LogP contribution >= 0.6 is 34.4 Å². The molecular formula is C42H42F2N4S3. The molecule has 0 aliphatic rings. The maximum Gasteiger partial charge on any atom is 0.132 e. The zero-order valence-corrected chi connectivity index (χ0v) is 32.4. The van der Waals surface area contributed by atoms with Gasteiger partial charge >= 0.3 is 0 Å². The second-order valence-corrected chi connectivity index (χ2v) is 16.6. The third-order valence-electron chi connectivity index (χ3n) is 10.3. The number of halogens is 2. The molecule has 0 radical (unpaired) electrons. The number of fused-ring (bicyclic) bond motifs is 2. The highest BCUT2D eigenvalue weighted by Crippen LogP contribution is 2.47. The summed E-state index contributed by atoms with van der Waals surface area (Å²) in [5.41, 5.74) is 9.53. The van der Waals surface area contributed by atoms with Crippen molar-refractivity contribution in [2.75, 3.05) is 0 Å². The number of rotatable bonds is 12. The van der Waals surface area contributed by atoms with Crippen molar-refractivity contribution in [3.8, 4) is 41.8 Å². The Morgan fingerprint density at radius 1 is 0.569 bits per heavy atom. The van der Waals surface area contributed by atoms with E-state index in [1.54, 1.807) is 12.1 Å². The summed E-state index contributed by atoms with van der Waals surface area (Å²) in [5, 5.41) is 0. The molecule has 9 heteroatoms. The topological polar surface area (TPSA) is 51.6 Å². The summed E-state index contributed by atoms with van der Waals surface area (Å²) in [6, 6.07) is 19.3. The average Bonchev–Trinajstić information content (AvgIpc) is 3.91. The van der Waals surface area contributed by atoms with E-state index in [1.807, 2.05) is 62.4 Å². The molecule has 4 nitrogen and oxygen atoms in total. The van der Waals surface area contributed by atoms with E-state index in [1.165, 1.54) is 22.7 Å². The maximum atomic E-state index is 15.5. The van der Waals surface area contributed by atoms with Gasteiger partial charge in [0.25, 0.3) is 0 Å². The minimum Gasteiger partial charge on any atom is -0.249 e. The number of hydrogen-bond donors (Lipinski definition) is 0. The largest absolute Gasteiger partial charge is 0.249 e. The average molecular weight is 737 g/mol. The first kappa shape index (κ1) is 35.5. The van der Waals surface area contributed by atoms with Crippen molar-refractivity contribution in [3.63, 3.8) is 0 Å². The second-order valence-electron chi connectivity index (χ2n) is 13.9. The summed E-state index contributed by atoms with van der Waals surface area (Å²) in [5.74, 6) is 0.825. The van der Waals surface area contributed by atoms with Crippen molar-refractivity contribution < 1.29 is 8.78 Å². The Kier molecular flexibility index (Phi) is 10.4. The lowest BCUT2D eigenvalue weighted by molar-refractivity contribution is 0.515. The Bertz CT molecular complexity index is 2190. The molecule has 0 fully saturated rings. The van der Waals surface area contributed by atoms with Crippen molar-refractivity contribution in [2.24, 2.45) is 11.8 Å². The highest BCUT2D eigenvalue weighted by molar-refractivity contribution is 7.19. The molecule has 0 N–H and O–H groups in total. The minimum absolute atomic E-state index is 0.206. The van der Waals surface area contributed by atoms with E-state index in [2.05, 4.69) is 27.7 Å². The standard InChI is InChI=1S/C42H42F2N4S3/c1-7-23(3)9-11-27-13-15-29(31(43)21-27)33-17-19-35(49-33)37-39-40(46-26(6)25(5)45-39)38(42-41(37)47-51-48-42)36-20-18-34(50-36)30-16-14-28(22-32(30)44)12-10-24(4)8-2/h13-24H,7-12H2,1-6H3. The predicted molar refractivity (Wildman–Crippen MR) is 213 cm³/mol. The molecule has 2 unspecified atom stereocenters. The Labute approximate surface area is 311 Å². The van der Waals surface area contributed by atoms with Gasteiger partial charge in [0.15, 0.2) is 0 Å². The van der Waals surface area contributed by atoms with Crippen molar-refractivity contribution in [2.45, 2.75) is 80.1 Å². The second kappa shape index (κ2) is 15.0. The lowest BCUT2D eigenvalue weighted by Gasteiger charge is -2.12. The first-order chi connectivity index (χ1) is 24.6. The van der Waals surface area contributed by atoms with Gasteiger partial charge in [-0.3, -0.25) is 0 Å². The van der Waals surface area contributed by atoms with Gasteiger partial charge in [0, 0.05) is 41.8 Å². The smallest absolute Gasteiger partial charge is 0.132 e. The van der Waals surface area contributed by atoms with Gasteiger partial charge in [-0.2, -0.15) is 8.75 Å². The third-order valence-corrected chi connectivity index (χ3v) is 13.1. The van der Waals surface area contributed by atoms with E-state index in [0.717, 1.165) is 125 Å². The fourth-order valence-electron chi connectivity index (χ4n) is 6.46. The Morgan fingerprint density at radius 2 is 0.980 bits per heavy atom. The number of aromatic nitrogens is 4. The van der Waals surface area contributed by atoms with Crippen LogP contribution in [0.25, 0.3) is 63.8 Å². The van der Waals surface area contributed by atoms with E-state index in [0.29, 0.717) is 23.0 Å². The molecule has 2 atom stereocenters. The molecule has 0 saturated heterocycles. The predicted octanol–water partition coefficient (Wildman–Crippen LogP) is 13.3. The Morgan fingerprint density at radius 3 is 1.37 bits per heavy atom. The molecule has 4 aromatic heterocycles. The molecular weight excluding hydrogens is 695 g/mol. The van der Waals surface area contributed by atoms with E-state index >= 15 is 8.78 Å². The van der Waals surface area contributed by atoms with Crippen molar-refractivity contribution in [1.29, 1.82) is 0 Å². The molecule has 7 aromatic rings. The van der Waals surface area contributed by atoms with Crippen molar-refractivity contribution >= 4 is 56.5 Å². The SMILES string of the molecule is CCC(C)CCc1ccc(-c2ccc(-c3c4nsnc4c(-c4ccc(-c5ccc(CCC(C)CC)cc5F)s4)c4nc(C)c(C)nc34)s2)c(F)c1. The molecule has 0 bridgehead atoms. The van der Waals surface area contributed by atoms with Crippen LogP contribution in [0.3, 0.4) is 0 Å². The molecule has 4 heterocycles. The third kappa shape index (κ3) is 7.13. The summed E-state index contributed by atoms with van der Waals surface area (Å²) in [6.07, 6.45) is 6.10. The zero-order chi connectivity index (χ0) is 35.8. The van der Waals surface area contributed by atoms with Crippen LogP contribution in [0.15, 0.2) is 60.7 Å². The van der Waals surface area contributed by atoms with Gasteiger partial charge in [-0.05, 0) is 98.9 Å². The minimum atomic E-state index is -0.206. The van der Waals surface area contributed by atoms with Crippen LogP contribution < -0.4 is 0 Å². The van der Waals surface area contributed by atoms with Gasteiger partial charge in [-0.1, -0.05) is 64.8 Å². The molecule has 0 saturated carbocycles. The van der Waals surface area contributed by atoms with Crippen LogP contribution in [-0.2, 0) is 12.8 Å². The highest BCUT2D eigenvalue weighted by Gasteiger charge is 2.25. The van der Waals surface area contributed by atoms with Gasteiger partial charge in [0.05, 0.1) is 23.1 Å². The number of aryl methyl sites for hydroxylation is 4. The van der Waals surface area contributed by atoms with Gasteiger partial charge in [-0.15, -0.1) is 22.7 Å². The molecule has 51 heavy (non-hydrogen) atoms. The van der Waals surface area contributed by atoms with Crippen LogP contribution in [-0.4, -0.2) is 18.7 Å². The fourth-order valence-corrected chi connectivity index (χ4v) is 9.18. The fraction of sp³-hybridized carbons (Fsp3) is 0.333. The molecule has 0 spiro atoms. The molecule has 0 amide bonds. The number of benzene rings is 3. The summed E-state index contributed by atoms with van der Waals surface area (Å²) >= 11 is 4.21. The normalized spacial score (nSPS) is 13.0. The zero-order valence-electron chi connectivity index (χ0n) is 29.9. The van der Waals surface area contributed by atoms with Crippen LogP contribution in [0.1, 0.15) is 75.9 Å². The summed E-state index contributed by atoms with van der Waals surface area (Å²) in [4.78, 5) is 13.7. The maximum absolute atomic E-state index is 15.5. The van der Waals surface area contributed by atoms with Gasteiger partial charge in [0.1, 0.15) is 33.7 Å². The summed E-state index contributed by atoms with van der Waals surface area (Å²) < 4.78 is 40.7. The first-order valence-corrected chi connectivity index (χ1v) is 20.2. The van der Waals surface area contributed by atoms with E-state index < -0.39 is 0 Å². The van der Waals surface area contributed by atoms with Crippen molar-refractivity contribution in [3.05, 3.63) is 94.8 Å². The molecule has 3 aromatic carbocycles. The number of hydrogen-bond acceptors (Lipinski definition) is 7. The molecule has 0 aliphatic heterocycles. The Balaban J connectivity index is 1.28. The summed E-state index contributed by atoms with van der Waals surface area (Å²) in [6.45, 7) is 12.8. The van der Waals surface area contributed by atoms with E-state index in [-0.39, 0.29) is 11.6 Å².